The van der Waals surface area contributed by atoms with E-state index in [-0.39, 0.29) is 12.3 Å². The van der Waals surface area contributed by atoms with Gasteiger partial charge in [-0.2, -0.15) is 13.2 Å². The fourth-order valence-electron chi connectivity index (χ4n) is 2.50. The van der Waals surface area contributed by atoms with Gasteiger partial charge in [-0.15, -0.1) is 0 Å². The molecule has 0 saturated carbocycles. The number of rotatable bonds is 5. The summed E-state index contributed by atoms with van der Waals surface area (Å²) in [7, 11) is 0. The fraction of sp³-hybridized carbons (Fsp3) is 0.263. The van der Waals surface area contributed by atoms with Crippen molar-refractivity contribution < 1.29 is 31.9 Å². The fourth-order valence-corrected chi connectivity index (χ4v) is 2.50. The number of ether oxygens (including phenoxy) is 1. The van der Waals surface area contributed by atoms with Crippen LogP contribution in [0.15, 0.2) is 48.5 Å². The number of halogens is 4. The molecule has 0 bridgehead atoms. The number of esters is 1. The zero-order valence-electron chi connectivity index (χ0n) is 15.1. The van der Waals surface area contributed by atoms with Gasteiger partial charge in [0.05, 0.1) is 6.61 Å². The van der Waals surface area contributed by atoms with Crippen molar-refractivity contribution in [3.05, 3.63) is 65.5 Å². The second-order valence-electron chi connectivity index (χ2n) is 5.92. The molecule has 2 rings (SSSR count). The Kier molecular flexibility index (Phi) is 6.27. The standard InChI is InChI=1S/C19H18F4N2O3/c1-3-28-16(26)18(19(21,22)23,13-6-8-14(20)9-7-13)25-17(27)24-15-10-4-12(2)5-11-15/h4-11H,3H2,1-2H3,(H2,24,25,27)/t18-/m0/s1. The number of benzene rings is 2. The van der Waals surface area contributed by atoms with E-state index in [0.29, 0.717) is 0 Å². The molecule has 0 spiro atoms. The van der Waals surface area contributed by atoms with Gasteiger partial charge in [0.25, 0.3) is 5.54 Å². The first kappa shape index (κ1) is 21.2. The number of alkyl halides is 3. The van der Waals surface area contributed by atoms with E-state index >= 15 is 0 Å². The van der Waals surface area contributed by atoms with Crippen LogP contribution in [0.4, 0.5) is 28.0 Å². The molecule has 5 nitrogen and oxygen atoms in total. The Morgan fingerprint density at radius 2 is 1.57 bits per heavy atom. The average Bonchev–Trinajstić information content (AvgIpc) is 2.61. The molecule has 0 aliphatic rings. The van der Waals surface area contributed by atoms with Crippen molar-refractivity contribution >= 4 is 17.7 Å². The molecule has 2 aromatic rings. The molecule has 0 radical (unpaired) electrons. The van der Waals surface area contributed by atoms with E-state index < -0.39 is 35.1 Å². The Morgan fingerprint density at radius 1 is 1.00 bits per heavy atom. The van der Waals surface area contributed by atoms with Gasteiger partial charge in [0.1, 0.15) is 5.82 Å². The van der Waals surface area contributed by atoms with Gasteiger partial charge in [-0.1, -0.05) is 29.8 Å². The van der Waals surface area contributed by atoms with Crippen molar-refractivity contribution in [2.45, 2.75) is 25.6 Å². The summed E-state index contributed by atoms with van der Waals surface area (Å²) in [5.74, 6) is -2.53. The monoisotopic (exact) mass is 398 g/mol. The van der Waals surface area contributed by atoms with Crippen LogP contribution < -0.4 is 10.6 Å². The lowest BCUT2D eigenvalue weighted by atomic mass is 9.89. The average molecular weight is 398 g/mol. The lowest BCUT2D eigenvalue weighted by Gasteiger charge is -2.34. The number of hydrogen-bond donors (Lipinski definition) is 2. The SMILES string of the molecule is CCOC(=O)[C@@](NC(=O)Nc1ccc(C)cc1)(c1ccc(F)cc1)C(F)(F)F. The highest BCUT2D eigenvalue weighted by Crippen LogP contribution is 2.40. The molecule has 0 aromatic heterocycles. The van der Waals surface area contributed by atoms with Gasteiger partial charge in [-0.05, 0) is 43.7 Å². The summed E-state index contributed by atoms with van der Waals surface area (Å²) < 4.78 is 59.9. The summed E-state index contributed by atoms with van der Waals surface area (Å²) in [5, 5.41) is 3.92. The number of nitrogens with one attached hydrogen (secondary N) is 2. The van der Waals surface area contributed by atoms with Crippen LogP contribution in [-0.4, -0.2) is 24.8 Å². The number of aryl methyl sites for hydroxylation is 1. The zero-order valence-corrected chi connectivity index (χ0v) is 15.1. The van der Waals surface area contributed by atoms with E-state index in [9.17, 15) is 27.2 Å². The normalized spacial score (nSPS) is 13.4. The molecule has 0 unspecified atom stereocenters. The van der Waals surface area contributed by atoms with Gasteiger partial charge < -0.3 is 15.4 Å². The van der Waals surface area contributed by atoms with Crippen LogP contribution in [0.2, 0.25) is 0 Å². The Bertz CT molecular complexity index is 836. The van der Waals surface area contributed by atoms with Crippen LogP contribution in [0.3, 0.4) is 0 Å². The minimum atomic E-state index is -5.26. The van der Waals surface area contributed by atoms with Crippen molar-refractivity contribution in [1.82, 2.24) is 5.32 Å². The minimum Gasteiger partial charge on any atom is -0.464 e. The Balaban J connectivity index is 2.46. The van der Waals surface area contributed by atoms with Crippen LogP contribution in [0.5, 0.6) is 0 Å². The van der Waals surface area contributed by atoms with E-state index in [0.717, 1.165) is 29.8 Å². The summed E-state index contributed by atoms with van der Waals surface area (Å²) in [6, 6.07) is 8.06. The lowest BCUT2D eigenvalue weighted by Crippen LogP contribution is -2.62. The second-order valence-corrected chi connectivity index (χ2v) is 5.92. The van der Waals surface area contributed by atoms with Crippen LogP contribution in [0.1, 0.15) is 18.1 Å². The molecular weight excluding hydrogens is 380 g/mol. The summed E-state index contributed by atoms with van der Waals surface area (Å²) in [4.78, 5) is 24.7. The van der Waals surface area contributed by atoms with E-state index in [1.54, 1.807) is 24.4 Å². The van der Waals surface area contributed by atoms with Gasteiger partial charge in [0.15, 0.2) is 0 Å². The number of carbonyl (C=O) groups excluding carboxylic acids is 2. The number of urea groups is 1. The van der Waals surface area contributed by atoms with Gasteiger partial charge in [-0.25, -0.2) is 14.0 Å². The van der Waals surface area contributed by atoms with Crippen LogP contribution >= 0.6 is 0 Å². The maximum Gasteiger partial charge on any atom is 0.426 e. The predicted octanol–water partition coefficient (Wildman–Crippen LogP) is 4.28. The van der Waals surface area contributed by atoms with E-state index in [1.807, 2.05) is 0 Å². The lowest BCUT2D eigenvalue weighted by molar-refractivity contribution is -0.213. The minimum absolute atomic E-state index is 0.224. The van der Waals surface area contributed by atoms with Crippen LogP contribution in [-0.2, 0) is 15.1 Å². The summed E-state index contributed by atoms with van der Waals surface area (Å²) >= 11 is 0. The summed E-state index contributed by atoms with van der Waals surface area (Å²) in [5.41, 5.74) is -3.08. The third-order valence-corrected chi connectivity index (χ3v) is 3.89. The van der Waals surface area contributed by atoms with Gasteiger partial charge in [-0.3, -0.25) is 0 Å². The smallest absolute Gasteiger partial charge is 0.426 e. The van der Waals surface area contributed by atoms with Gasteiger partial charge in [0, 0.05) is 5.69 Å². The first-order chi connectivity index (χ1) is 13.1. The van der Waals surface area contributed by atoms with E-state index in [2.05, 4.69) is 10.1 Å². The second kappa shape index (κ2) is 8.28. The van der Waals surface area contributed by atoms with Crippen molar-refractivity contribution in [2.24, 2.45) is 0 Å². The van der Waals surface area contributed by atoms with Gasteiger partial charge in [0.2, 0.25) is 0 Å². The number of hydrogen-bond acceptors (Lipinski definition) is 3. The molecule has 0 fully saturated rings. The third kappa shape index (κ3) is 4.41. The topological polar surface area (TPSA) is 67.4 Å². The molecule has 9 heteroatoms. The van der Waals surface area contributed by atoms with E-state index in [4.69, 9.17) is 0 Å². The largest absolute Gasteiger partial charge is 0.464 e. The molecule has 0 saturated heterocycles. The first-order valence-corrected chi connectivity index (χ1v) is 8.26. The molecular formula is C19H18F4N2O3. The first-order valence-electron chi connectivity index (χ1n) is 8.26. The van der Waals surface area contributed by atoms with E-state index in [1.165, 1.54) is 19.1 Å². The van der Waals surface area contributed by atoms with Crippen molar-refractivity contribution in [1.29, 1.82) is 0 Å². The molecule has 2 N–H and O–H groups in total. The number of anilines is 1. The number of amides is 2. The Labute approximate surface area is 158 Å². The third-order valence-electron chi connectivity index (χ3n) is 3.89. The molecule has 0 heterocycles. The molecule has 1 atom stereocenters. The Hall–Kier alpha value is -3.10. The zero-order chi connectivity index (χ0) is 20.9. The molecule has 150 valence electrons. The maximum atomic E-state index is 14.1. The highest BCUT2D eigenvalue weighted by Gasteiger charge is 2.64. The molecule has 2 aromatic carbocycles. The van der Waals surface area contributed by atoms with Crippen molar-refractivity contribution in [3.63, 3.8) is 0 Å². The maximum absolute atomic E-state index is 14.1. The molecule has 0 aliphatic heterocycles. The van der Waals surface area contributed by atoms with Crippen molar-refractivity contribution in [3.8, 4) is 0 Å². The molecule has 0 aliphatic carbocycles. The Morgan fingerprint density at radius 3 is 2.07 bits per heavy atom. The predicted molar refractivity (Wildman–Crippen MR) is 94.1 cm³/mol. The molecule has 2 amide bonds. The highest BCUT2D eigenvalue weighted by molar-refractivity contribution is 5.95. The quantitative estimate of drug-likeness (QED) is 0.584. The van der Waals surface area contributed by atoms with Crippen LogP contribution in [0.25, 0.3) is 0 Å². The van der Waals surface area contributed by atoms with Crippen molar-refractivity contribution in [2.75, 3.05) is 11.9 Å². The molecule has 28 heavy (non-hydrogen) atoms. The summed E-state index contributed by atoms with van der Waals surface area (Å²) in [6.07, 6.45) is -5.26. The van der Waals surface area contributed by atoms with Crippen LogP contribution in [0, 0.1) is 12.7 Å². The number of carbonyl (C=O) groups is 2. The highest BCUT2D eigenvalue weighted by atomic mass is 19.4. The summed E-state index contributed by atoms with van der Waals surface area (Å²) in [6.45, 7) is 2.78. The van der Waals surface area contributed by atoms with Gasteiger partial charge >= 0.3 is 18.2 Å².